The smallest absolute Gasteiger partial charge is 0.119 e. The van der Waals surface area contributed by atoms with E-state index in [1.807, 2.05) is 6.07 Å². The van der Waals surface area contributed by atoms with Crippen molar-refractivity contribution < 1.29 is 4.74 Å². The Labute approximate surface area is 117 Å². The van der Waals surface area contributed by atoms with Gasteiger partial charge in [0.15, 0.2) is 0 Å². The molecule has 2 N–H and O–H groups in total. The molecule has 0 aromatic heterocycles. The first-order valence-corrected chi connectivity index (χ1v) is 7.57. The van der Waals surface area contributed by atoms with E-state index in [0.717, 1.165) is 30.9 Å². The summed E-state index contributed by atoms with van der Waals surface area (Å²) >= 11 is 0. The minimum atomic E-state index is -0.00337. The van der Waals surface area contributed by atoms with Crippen LogP contribution in [0.4, 0.5) is 0 Å². The molecule has 1 aliphatic rings. The van der Waals surface area contributed by atoms with Gasteiger partial charge in [0.1, 0.15) is 5.75 Å². The molecule has 2 nitrogen and oxygen atoms in total. The third-order valence-corrected chi connectivity index (χ3v) is 4.49. The fraction of sp³-hybridized carbons (Fsp3) is 0.647. The number of benzene rings is 1. The van der Waals surface area contributed by atoms with Crippen LogP contribution in [0.2, 0.25) is 0 Å². The molecular weight excluding hydrogens is 234 g/mol. The van der Waals surface area contributed by atoms with Gasteiger partial charge in [0, 0.05) is 5.54 Å². The van der Waals surface area contributed by atoms with Crippen LogP contribution in [0.3, 0.4) is 0 Å². The third kappa shape index (κ3) is 3.97. The van der Waals surface area contributed by atoms with Gasteiger partial charge in [-0.25, -0.2) is 0 Å². The first-order valence-electron chi connectivity index (χ1n) is 7.57. The van der Waals surface area contributed by atoms with E-state index in [4.69, 9.17) is 10.5 Å². The number of hydrogen-bond acceptors (Lipinski definition) is 2. The monoisotopic (exact) mass is 261 g/mol. The summed E-state index contributed by atoms with van der Waals surface area (Å²) in [4.78, 5) is 0. The lowest BCUT2D eigenvalue weighted by Gasteiger charge is -2.37. The minimum Gasteiger partial charge on any atom is -0.497 e. The maximum absolute atomic E-state index is 6.60. The van der Waals surface area contributed by atoms with E-state index in [2.05, 4.69) is 25.1 Å². The molecule has 0 bridgehead atoms. The normalized spacial score (nSPS) is 27.2. The molecular formula is C17H27NO. The molecule has 0 radical (unpaired) electrons. The molecule has 0 atom stereocenters. The van der Waals surface area contributed by atoms with Crippen molar-refractivity contribution in [1.29, 1.82) is 0 Å². The molecule has 106 valence electrons. The van der Waals surface area contributed by atoms with E-state index in [-0.39, 0.29) is 5.54 Å². The molecule has 0 unspecified atom stereocenters. The third-order valence-electron chi connectivity index (χ3n) is 4.49. The van der Waals surface area contributed by atoms with Crippen LogP contribution < -0.4 is 10.5 Å². The number of rotatable bonds is 5. The Kier molecular flexibility index (Phi) is 4.87. The Hall–Kier alpha value is -1.02. The second-order valence-electron chi connectivity index (χ2n) is 6.12. The van der Waals surface area contributed by atoms with Crippen LogP contribution >= 0.6 is 0 Å². The maximum Gasteiger partial charge on any atom is 0.119 e. The highest BCUT2D eigenvalue weighted by atomic mass is 16.5. The Bertz CT molecular complexity index is 394. The Morgan fingerprint density at radius 2 is 2.05 bits per heavy atom. The second-order valence-corrected chi connectivity index (χ2v) is 6.12. The van der Waals surface area contributed by atoms with E-state index in [1.54, 1.807) is 7.11 Å². The summed E-state index contributed by atoms with van der Waals surface area (Å²) in [6.07, 6.45) is 8.57. The number of ether oxygens (including phenoxy) is 1. The lowest BCUT2D eigenvalue weighted by molar-refractivity contribution is 0.223. The van der Waals surface area contributed by atoms with Crippen molar-refractivity contribution in [1.82, 2.24) is 0 Å². The minimum absolute atomic E-state index is 0.00337. The molecule has 2 rings (SSSR count). The van der Waals surface area contributed by atoms with Crippen LogP contribution in [0.25, 0.3) is 0 Å². The van der Waals surface area contributed by atoms with Gasteiger partial charge in [-0.3, -0.25) is 0 Å². The highest BCUT2D eigenvalue weighted by Gasteiger charge is 2.31. The van der Waals surface area contributed by atoms with Crippen molar-refractivity contribution in [3.05, 3.63) is 29.8 Å². The Morgan fingerprint density at radius 3 is 2.68 bits per heavy atom. The summed E-state index contributed by atoms with van der Waals surface area (Å²) in [5, 5.41) is 0. The number of hydrogen-bond donors (Lipinski definition) is 1. The van der Waals surface area contributed by atoms with Crippen molar-refractivity contribution in [2.24, 2.45) is 11.7 Å². The summed E-state index contributed by atoms with van der Waals surface area (Å²) in [5.41, 5.74) is 7.90. The topological polar surface area (TPSA) is 35.2 Å². The summed E-state index contributed by atoms with van der Waals surface area (Å²) in [5.74, 6) is 1.84. The van der Waals surface area contributed by atoms with Crippen LogP contribution in [0, 0.1) is 5.92 Å². The maximum atomic E-state index is 6.60. The standard InChI is InChI=1S/C17H27NO/c1-3-5-14-8-10-17(18,11-9-14)13-15-6-4-7-16(12-15)19-2/h4,6-7,12,14H,3,5,8-11,13,18H2,1-2H3. The predicted octanol–water partition coefficient (Wildman–Crippen LogP) is 3.93. The number of methoxy groups -OCH3 is 1. The van der Waals surface area contributed by atoms with Gasteiger partial charge in [-0.2, -0.15) is 0 Å². The SMILES string of the molecule is CCCC1CCC(N)(Cc2cccc(OC)c2)CC1. The lowest BCUT2D eigenvalue weighted by Crippen LogP contribution is -2.45. The average Bonchev–Trinajstić information content (AvgIpc) is 2.42. The summed E-state index contributed by atoms with van der Waals surface area (Å²) in [6.45, 7) is 2.28. The molecule has 1 aromatic rings. The van der Waals surface area contributed by atoms with Gasteiger partial charge in [-0.1, -0.05) is 31.9 Å². The Balaban J connectivity index is 1.94. The highest BCUT2D eigenvalue weighted by molar-refractivity contribution is 5.29. The van der Waals surface area contributed by atoms with E-state index in [9.17, 15) is 0 Å². The molecule has 0 spiro atoms. The fourth-order valence-electron chi connectivity index (χ4n) is 3.32. The van der Waals surface area contributed by atoms with E-state index in [0.29, 0.717) is 0 Å². The zero-order valence-electron chi connectivity index (χ0n) is 12.3. The molecule has 0 saturated heterocycles. The number of nitrogens with two attached hydrogens (primary N) is 1. The van der Waals surface area contributed by atoms with Crippen LogP contribution in [-0.2, 0) is 6.42 Å². The first kappa shape index (κ1) is 14.4. The Morgan fingerprint density at radius 1 is 1.32 bits per heavy atom. The van der Waals surface area contributed by atoms with E-state index >= 15 is 0 Å². The lowest BCUT2D eigenvalue weighted by atomic mass is 9.73. The van der Waals surface area contributed by atoms with Crippen molar-refractivity contribution in [3.8, 4) is 5.75 Å². The van der Waals surface area contributed by atoms with Gasteiger partial charge in [0.05, 0.1) is 7.11 Å². The summed E-state index contributed by atoms with van der Waals surface area (Å²) in [6, 6.07) is 8.33. The van der Waals surface area contributed by atoms with Crippen LogP contribution in [0.5, 0.6) is 5.75 Å². The molecule has 1 fully saturated rings. The van der Waals surface area contributed by atoms with Crippen LogP contribution in [0.1, 0.15) is 51.0 Å². The average molecular weight is 261 g/mol. The van der Waals surface area contributed by atoms with E-state index < -0.39 is 0 Å². The van der Waals surface area contributed by atoms with Gasteiger partial charge < -0.3 is 10.5 Å². The zero-order valence-corrected chi connectivity index (χ0v) is 12.3. The van der Waals surface area contributed by atoms with Crippen molar-refractivity contribution >= 4 is 0 Å². The zero-order chi connectivity index (χ0) is 13.7. The van der Waals surface area contributed by atoms with Gasteiger partial charge in [0.2, 0.25) is 0 Å². The highest BCUT2D eigenvalue weighted by Crippen LogP contribution is 2.35. The fourth-order valence-corrected chi connectivity index (χ4v) is 3.32. The molecule has 1 aliphatic carbocycles. The summed E-state index contributed by atoms with van der Waals surface area (Å²) < 4.78 is 5.29. The molecule has 0 amide bonds. The molecule has 0 aliphatic heterocycles. The molecule has 1 aromatic carbocycles. The first-order chi connectivity index (χ1) is 9.15. The van der Waals surface area contributed by atoms with Crippen molar-refractivity contribution in [2.45, 2.75) is 57.4 Å². The molecule has 0 heterocycles. The van der Waals surface area contributed by atoms with Gasteiger partial charge in [0.25, 0.3) is 0 Å². The van der Waals surface area contributed by atoms with Crippen molar-refractivity contribution in [3.63, 3.8) is 0 Å². The van der Waals surface area contributed by atoms with Gasteiger partial charge in [-0.15, -0.1) is 0 Å². The largest absolute Gasteiger partial charge is 0.497 e. The van der Waals surface area contributed by atoms with Gasteiger partial charge >= 0.3 is 0 Å². The quantitative estimate of drug-likeness (QED) is 0.871. The predicted molar refractivity (Wildman–Crippen MR) is 80.5 cm³/mol. The van der Waals surface area contributed by atoms with E-state index in [1.165, 1.54) is 31.2 Å². The molecule has 2 heteroatoms. The second kappa shape index (κ2) is 6.42. The molecule has 19 heavy (non-hydrogen) atoms. The summed E-state index contributed by atoms with van der Waals surface area (Å²) in [7, 11) is 1.72. The van der Waals surface area contributed by atoms with Crippen molar-refractivity contribution in [2.75, 3.05) is 7.11 Å². The van der Waals surface area contributed by atoms with Crippen LogP contribution in [-0.4, -0.2) is 12.6 Å². The van der Waals surface area contributed by atoms with Gasteiger partial charge in [-0.05, 0) is 55.7 Å². The van der Waals surface area contributed by atoms with Crippen LogP contribution in [0.15, 0.2) is 24.3 Å². The molecule has 1 saturated carbocycles.